The number of amides is 5. The van der Waals surface area contributed by atoms with Crippen LogP contribution in [0, 0.1) is 11.8 Å². The minimum absolute atomic E-state index is 0.209. The number of urea groups is 1. The molecule has 2 saturated heterocycles. The van der Waals surface area contributed by atoms with E-state index in [4.69, 9.17) is 0 Å². The third-order valence-corrected chi connectivity index (χ3v) is 5.60. The van der Waals surface area contributed by atoms with Crippen LogP contribution in [-0.4, -0.2) is 64.6 Å². The molecule has 3 aliphatic rings. The number of likely N-dealkylation sites (tertiary alicyclic amines) is 1. The molecular formula is C16H23N3O4. The van der Waals surface area contributed by atoms with E-state index >= 15 is 0 Å². The fourth-order valence-corrected chi connectivity index (χ4v) is 4.20. The minimum atomic E-state index is -0.906. The van der Waals surface area contributed by atoms with E-state index < -0.39 is 17.8 Å². The Hall–Kier alpha value is -1.92. The summed E-state index contributed by atoms with van der Waals surface area (Å²) >= 11 is 0. The van der Waals surface area contributed by atoms with Gasteiger partial charge in [-0.15, -0.1) is 0 Å². The summed E-state index contributed by atoms with van der Waals surface area (Å²) < 4.78 is 0. The fraction of sp³-hybridized carbons (Fsp3) is 0.750. The zero-order valence-corrected chi connectivity index (χ0v) is 13.7. The molecule has 0 aromatic heterocycles. The van der Waals surface area contributed by atoms with Crippen LogP contribution >= 0.6 is 0 Å². The topological polar surface area (TPSA) is 78.0 Å². The Morgan fingerprint density at radius 2 is 1.78 bits per heavy atom. The molecule has 0 radical (unpaired) electrons. The first kappa shape index (κ1) is 16.0. The highest BCUT2D eigenvalue weighted by Crippen LogP contribution is 2.38. The third-order valence-electron chi connectivity index (χ3n) is 5.60. The molecule has 0 aromatic rings. The van der Waals surface area contributed by atoms with E-state index in [0.29, 0.717) is 18.4 Å². The number of likely N-dealkylation sites (N-methyl/N-ethyl adjacent to an activating group) is 1. The highest BCUT2D eigenvalue weighted by molar-refractivity contribution is 6.44. The maximum atomic E-state index is 12.7. The van der Waals surface area contributed by atoms with E-state index in [1.54, 1.807) is 0 Å². The van der Waals surface area contributed by atoms with Gasteiger partial charge in [-0.25, -0.2) is 9.69 Å². The standard InChI is InChI=1S/C16H23N3O4/c1-10-7-8-18(12-6-4-3-5-11(10)12)13(20)9-19-15(22)14(21)17(2)16(19)23/h10-12H,3-9H2,1-2H3/t10-,11+,12+/m1/s1. The summed E-state index contributed by atoms with van der Waals surface area (Å²) in [6.45, 7) is 2.58. The van der Waals surface area contributed by atoms with Gasteiger partial charge in [-0.2, -0.15) is 0 Å². The van der Waals surface area contributed by atoms with Gasteiger partial charge in [-0.05, 0) is 31.1 Å². The normalized spacial score (nSPS) is 31.7. The Balaban J connectivity index is 1.72. The number of carbonyl (C=O) groups excluding carboxylic acids is 4. The highest BCUT2D eigenvalue weighted by atomic mass is 16.2. The van der Waals surface area contributed by atoms with Crippen molar-refractivity contribution in [1.82, 2.24) is 14.7 Å². The van der Waals surface area contributed by atoms with Gasteiger partial charge in [-0.3, -0.25) is 19.3 Å². The van der Waals surface area contributed by atoms with Crippen LogP contribution in [0.5, 0.6) is 0 Å². The molecule has 3 atom stereocenters. The molecule has 1 aliphatic carbocycles. The largest absolute Gasteiger partial charge is 0.338 e. The Labute approximate surface area is 135 Å². The molecule has 0 unspecified atom stereocenters. The van der Waals surface area contributed by atoms with E-state index in [2.05, 4.69) is 6.92 Å². The SMILES string of the molecule is C[C@@H]1CCN(C(=O)CN2C(=O)C(=O)N(C)C2=O)[C@H]2CCCC[C@@H]12. The summed E-state index contributed by atoms with van der Waals surface area (Å²) in [5, 5.41) is 0. The maximum absolute atomic E-state index is 12.7. The van der Waals surface area contributed by atoms with Gasteiger partial charge in [0.2, 0.25) is 5.91 Å². The molecule has 0 aromatic carbocycles. The van der Waals surface area contributed by atoms with Gasteiger partial charge < -0.3 is 4.90 Å². The smallest absolute Gasteiger partial charge is 0.334 e. The second kappa shape index (κ2) is 5.94. The molecule has 7 nitrogen and oxygen atoms in total. The van der Waals surface area contributed by atoms with Gasteiger partial charge in [0.25, 0.3) is 0 Å². The zero-order valence-electron chi connectivity index (χ0n) is 13.7. The maximum Gasteiger partial charge on any atom is 0.334 e. The van der Waals surface area contributed by atoms with Gasteiger partial charge in [-0.1, -0.05) is 19.8 Å². The van der Waals surface area contributed by atoms with Gasteiger partial charge in [0, 0.05) is 19.6 Å². The molecule has 1 saturated carbocycles. The molecule has 0 N–H and O–H groups in total. The van der Waals surface area contributed by atoms with E-state index in [0.717, 1.165) is 35.5 Å². The predicted octanol–water partition coefficient (Wildman–Crippen LogP) is 0.834. The van der Waals surface area contributed by atoms with E-state index in [9.17, 15) is 19.2 Å². The van der Waals surface area contributed by atoms with Crippen LogP contribution in [0.25, 0.3) is 0 Å². The predicted molar refractivity (Wildman–Crippen MR) is 81.1 cm³/mol. The Morgan fingerprint density at radius 3 is 2.43 bits per heavy atom. The number of rotatable bonds is 2. The molecule has 3 fully saturated rings. The summed E-state index contributed by atoms with van der Waals surface area (Å²) in [5.74, 6) is -0.886. The molecule has 3 rings (SSSR count). The van der Waals surface area contributed by atoms with Crippen molar-refractivity contribution in [2.75, 3.05) is 20.1 Å². The molecular weight excluding hydrogens is 298 g/mol. The van der Waals surface area contributed by atoms with E-state index in [1.165, 1.54) is 13.5 Å². The second-order valence-corrected chi connectivity index (χ2v) is 6.91. The van der Waals surface area contributed by atoms with Crippen molar-refractivity contribution in [3.8, 4) is 0 Å². The van der Waals surface area contributed by atoms with Crippen molar-refractivity contribution < 1.29 is 19.2 Å². The van der Waals surface area contributed by atoms with Gasteiger partial charge in [0.15, 0.2) is 0 Å². The summed E-state index contributed by atoms with van der Waals surface area (Å²) in [4.78, 5) is 51.3. The van der Waals surface area contributed by atoms with Crippen LogP contribution in [0.2, 0.25) is 0 Å². The number of imide groups is 2. The lowest BCUT2D eigenvalue weighted by Gasteiger charge is -2.47. The quantitative estimate of drug-likeness (QED) is 0.557. The highest BCUT2D eigenvalue weighted by Gasteiger charge is 2.45. The van der Waals surface area contributed by atoms with Gasteiger partial charge in [0.1, 0.15) is 6.54 Å². The van der Waals surface area contributed by atoms with Gasteiger partial charge >= 0.3 is 17.8 Å². The van der Waals surface area contributed by atoms with Crippen LogP contribution in [0.4, 0.5) is 4.79 Å². The number of piperidine rings is 1. The summed E-state index contributed by atoms with van der Waals surface area (Å²) in [5.41, 5.74) is 0. The summed E-state index contributed by atoms with van der Waals surface area (Å²) in [6.07, 6.45) is 5.39. The average Bonchev–Trinajstić information content (AvgIpc) is 2.73. The lowest BCUT2D eigenvalue weighted by atomic mass is 9.72. The van der Waals surface area contributed by atoms with Crippen molar-refractivity contribution in [2.24, 2.45) is 11.8 Å². The van der Waals surface area contributed by atoms with Crippen LogP contribution < -0.4 is 0 Å². The van der Waals surface area contributed by atoms with Crippen molar-refractivity contribution >= 4 is 23.8 Å². The molecule has 0 spiro atoms. The minimum Gasteiger partial charge on any atom is -0.338 e. The lowest BCUT2D eigenvalue weighted by Crippen LogP contribution is -2.55. The number of hydrogen-bond acceptors (Lipinski definition) is 4. The van der Waals surface area contributed by atoms with Crippen LogP contribution in [-0.2, 0) is 14.4 Å². The van der Waals surface area contributed by atoms with Crippen molar-refractivity contribution in [3.63, 3.8) is 0 Å². The third kappa shape index (κ3) is 2.62. The number of carbonyl (C=O) groups is 4. The van der Waals surface area contributed by atoms with E-state index in [1.807, 2.05) is 4.90 Å². The lowest BCUT2D eigenvalue weighted by molar-refractivity contribution is -0.146. The molecule has 0 bridgehead atoms. The monoisotopic (exact) mass is 321 g/mol. The van der Waals surface area contributed by atoms with Crippen molar-refractivity contribution in [1.29, 1.82) is 0 Å². The first-order valence-corrected chi connectivity index (χ1v) is 8.34. The van der Waals surface area contributed by atoms with Gasteiger partial charge in [0.05, 0.1) is 0 Å². The number of fused-ring (bicyclic) bond motifs is 1. The van der Waals surface area contributed by atoms with Crippen molar-refractivity contribution in [2.45, 2.75) is 45.1 Å². The molecule has 23 heavy (non-hydrogen) atoms. The average molecular weight is 321 g/mol. The first-order valence-electron chi connectivity index (χ1n) is 8.34. The second-order valence-electron chi connectivity index (χ2n) is 6.91. The van der Waals surface area contributed by atoms with Crippen LogP contribution in [0.1, 0.15) is 39.0 Å². The molecule has 2 aliphatic heterocycles. The molecule has 5 amide bonds. The number of nitrogens with zero attached hydrogens (tertiary/aromatic N) is 3. The van der Waals surface area contributed by atoms with Crippen molar-refractivity contribution in [3.05, 3.63) is 0 Å². The molecule has 2 heterocycles. The summed E-state index contributed by atoms with van der Waals surface area (Å²) in [7, 11) is 1.26. The first-order chi connectivity index (χ1) is 10.9. The molecule has 126 valence electrons. The Morgan fingerprint density at radius 1 is 1.09 bits per heavy atom. The number of hydrogen-bond donors (Lipinski definition) is 0. The van der Waals surface area contributed by atoms with E-state index in [-0.39, 0.29) is 18.5 Å². The zero-order chi connectivity index (χ0) is 16.7. The van der Waals surface area contributed by atoms with Crippen LogP contribution in [0.15, 0.2) is 0 Å². The Kier molecular flexibility index (Phi) is 4.12. The Bertz CT molecular complexity index is 562. The molecule has 7 heteroatoms. The van der Waals surface area contributed by atoms with Crippen LogP contribution in [0.3, 0.4) is 0 Å². The summed E-state index contributed by atoms with van der Waals surface area (Å²) in [6, 6.07) is -0.500. The fourth-order valence-electron chi connectivity index (χ4n) is 4.20.